The van der Waals surface area contributed by atoms with E-state index in [1.165, 1.54) is 6.07 Å². The van der Waals surface area contributed by atoms with E-state index in [-0.39, 0.29) is 73.8 Å². The van der Waals surface area contributed by atoms with Crippen molar-refractivity contribution in [1.82, 2.24) is 39.9 Å². The van der Waals surface area contributed by atoms with Crippen LogP contribution < -0.4 is 4.74 Å². The number of hydrogen-bond donors (Lipinski definition) is 1. The van der Waals surface area contributed by atoms with E-state index in [1.807, 2.05) is 0 Å². The van der Waals surface area contributed by atoms with Crippen LogP contribution in [0.1, 0.15) is 98.7 Å². The number of aromatic nitrogens is 8. The Kier molecular flexibility index (Phi) is 19.4. The van der Waals surface area contributed by atoms with E-state index >= 15 is 0 Å². The highest BCUT2D eigenvalue weighted by molar-refractivity contribution is 6.28. The smallest absolute Gasteiger partial charge is 0.451 e. The Morgan fingerprint density at radius 2 is 1.02 bits per heavy atom. The second kappa shape index (κ2) is 22.2. The van der Waals surface area contributed by atoms with Gasteiger partial charge in [-0.15, -0.1) is 0 Å². The summed E-state index contributed by atoms with van der Waals surface area (Å²) in [5.41, 5.74) is 0.829. The Hall–Kier alpha value is -5.11. The SMILES string of the molecule is C.CC(C)(C)OC(=O)CCc1cc(-c2cnc(C(F)(F)F)nc2)nc(Cl)n1.CCO.CCOc1nc(CCC(=O)OC(C)(C)C)cc(-c2cnc(C(F)(F)F)nc2)n1. The van der Waals surface area contributed by atoms with Crippen LogP contribution in [0.5, 0.6) is 6.01 Å². The Morgan fingerprint density at radius 1 is 0.655 bits per heavy atom. The van der Waals surface area contributed by atoms with Crippen molar-refractivity contribution in [3.63, 3.8) is 0 Å². The van der Waals surface area contributed by atoms with Crippen molar-refractivity contribution in [2.75, 3.05) is 13.2 Å². The lowest BCUT2D eigenvalue weighted by atomic mass is 10.1. The Bertz CT molecular complexity index is 1910. The summed E-state index contributed by atoms with van der Waals surface area (Å²) >= 11 is 5.87. The Labute approximate surface area is 337 Å². The van der Waals surface area contributed by atoms with Gasteiger partial charge >= 0.3 is 30.3 Å². The number of hydrogen-bond acceptors (Lipinski definition) is 14. The third-order valence-corrected chi connectivity index (χ3v) is 6.37. The molecule has 0 bridgehead atoms. The minimum absolute atomic E-state index is 0. The standard InChI is InChI=1S/C18H21F3N4O3.C16H16ClF3N4O2.C2H6O.CH4/c1-5-27-16-24-12(6-7-14(26)28-17(2,3)4)8-13(25-16)11-9-22-15(23-10-11)18(19,20)21;1-15(2,3)26-12(25)5-4-10-6-11(24-14(17)23-10)9-7-21-13(22-8-9)16(18,19)20;1-2-3;/h8-10H,5-7H2,1-4H3;6-8H,4-5H2,1-3H3;3H,2H2,1H3;1H4. The third-order valence-electron chi connectivity index (χ3n) is 6.20. The summed E-state index contributed by atoms with van der Waals surface area (Å²) in [5, 5.41) is 7.47. The molecule has 0 saturated heterocycles. The van der Waals surface area contributed by atoms with Gasteiger partial charge in [0.15, 0.2) is 0 Å². The lowest BCUT2D eigenvalue weighted by Gasteiger charge is -2.19. The highest BCUT2D eigenvalue weighted by Gasteiger charge is 2.35. The van der Waals surface area contributed by atoms with Crippen LogP contribution in [0.3, 0.4) is 0 Å². The summed E-state index contributed by atoms with van der Waals surface area (Å²) in [7, 11) is 0. The summed E-state index contributed by atoms with van der Waals surface area (Å²) in [5.74, 6) is -3.26. The molecule has 14 nitrogen and oxygen atoms in total. The minimum Gasteiger partial charge on any atom is -0.464 e. The molecule has 0 unspecified atom stereocenters. The summed E-state index contributed by atoms with van der Waals surface area (Å²) in [6.45, 7) is 14.6. The molecule has 0 amide bonds. The van der Waals surface area contributed by atoms with Crippen LogP contribution >= 0.6 is 11.6 Å². The van der Waals surface area contributed by atoms with E-state index in [1.54, 1.807) is 61.5 Å². The minimum atomic E-state index is -4.63. The number of aryl methyl sites for hydroxylation is 2. The quantitative estimate of drug-likeness (QED) is 0.0916. The molecule has 0 fully saturated rings. The van der Waals surface area contributed by atoms with Crippen molar-refractivity contribution >= 4 is 23.5 Å². The summed E-state index contributed by atoms with van der Waals surface area (Å²) in [6, 6.07) is 3.13. The van der Waals surface area contributed by atoms with Gasteiger partial charge in [0.1, 0.15) is 11.2 Å². The predicted molar refractivity (Wildman–Crippen MR) is 200 cm³/mol. The van der Waals surface area contributed by atoms with Crippen molar-refractivity contribution in [3.05, 3.63) is 65.2 Å². The topological polar surface area (TPSA) is 185 Å². The number of nitrogens with zero attached hydrogens (tertiary/aromatic N) is 8. The zero-order valence-electron chi connectivity index (χ0n) is 32.4. The number of carbonyl (C=O) groups is 2. The van der Waals surface area contributed by atoms with Crippen LogP contribution in [0.4, 0.5) is 26.3 Å². The highest BCUT2D eigenvalue weighted by atomic mass is 35.5. The van der Waals surface area contributed by atoms with E-state index in [4.69, 9.17) is 30.9 Å². The Morgan fingerprint density at radius 3 is 1.36 bits per heavy atom. The van der Waals surface area contributed by atoms with Crippen molar-refractivity contribution in [3.8, 4) is 28.5 Å². The van der Waals surface area contributed by atoms with Gasteiger partial charge < -0.3 is 19.3 Å². The van der Waals surface area contributed by atoms with E-state index in [2.05, 4.69) is 39.9 Å². The summed E-state index contributed by atoms with van der Waals surface area (Å²) in [6.07, 6.45) is -4.51. The molecule has 0 saturated carbocycles. The fourth-order valence-corrected chi connectivity index (χ4v) is 4.34. The molecule has 0 spiro atoms. The lowest BCUT2D eigenvalue weighted by Crippen LogP contribution is -2.24. The molecule has 21 heteroatoms. The maximum Gasteiger partial charge on any atom is 0.451 e. The van der Waals surface area contributed by atoms with Crippen LogP contribution in [0.25, 0.3) is 22.5 Å². The second-order valence-corrected chi connectivity index (χ2v) is 13.9. The van der Waals surface area contributed by atoms with Crippen molar-refractivity contribution in [2.45, 2.75) is 112 Å². The molecule has 0 atom stereocenters. The van der Waals surface area contributed by atoms with E-state index < -0.39 is 41.2 Å². The van der Waals surface area contributed by atoms with E-state index in [9.17, 15) is 35.9 Å². The molecule has 4 heterocycles. The molecule has 4 aromatic rings. The zero-order valence-corrected chi connectivity index (χ0v) is 33.2. The van der Waals surface area contributed by atoms with E-state index in [0.29, 0.717) is 23.7 Å². The van der Waals surface area contributed by atoms with Gasteiger partial charge in [-0.2, -0.15) is 31.3 Å². The fourth-order valence-electron chi connectivity index (χ4n) is 4.14. The van der Waals surface area contributed by atoms with Crippen LogP contribution in [0, 0.1) is 0 Å². The molecule has 0 aliphatic heterocycles. The normalized spacial score (nSPS) is 11.5. The van der Waals surface area contributed by atoms with Gasteiger partial charge in [-0.1, -0.05) is 7.43 Å². The predicted octanol–water partition coefficient (Wildman–Crippen LogP) is 8.14. The van der Waals surface area contributed by atoms with Gasteiger partial charge in [-0.3, -0.25) is 9.59 Å². The first kappa shape index (κ1) is 50.9. The summed E-state index contributed by atoms with van der Waals surface area (Å²) < 4.78 is 91.3. The largest absolute Gasteiger partial charge is 0.464 e. The molecular formula is C37H47ClF6N8O6. The number of aliphatic hydroxyl groups excluding tert-OH is 1. The third kappa shape index (κ3) is 18.9. The molecule has 0 aliphatic rings. The van der Waals surface area contributed by atoms with Crippen molar-refractivity contribution in [2.24, 2.45) is 0 Å². The molecule has 4 aromatic heterocycles. The number of halogens is 7. The maximum atomic E-state index is 12.6. The first-order valence-electron chi connectivity index (χ1n) is 17.2. The number of ether oxygens (including phenoxy) is 3. The van der Waals surface area contributed by atoms with Gasteiger partial charge in [0.05, 0.1) is 30.8 Å². The number of esters is 2. The van der Waals surface area contributed by atoms with Crippen molar-refractivity contribution < 1.29 is 55.2 Å². The van der Waals surface area contributed by atoms with E-state index in [0.717, 1.165) is 24.8 Å². The zero-order chi connectivity index (χ0) is 43.2. The highest BCUT2D eigenvalue weighted by Crippen LogP contribution is 2.28. The molecular weight excluding hydrogens is 802 g/mol. The maximum absolute atomic E-state index is 12.6. The first-order valence-corrected chi connectivity index (χ1v) is 17.6. The molecule has 0 radical (unpaired) electrons. The van der Waals surface area contributed by atoms with Crippen LogP contribution in [-0.4, -0.2) is 81.3 Å². The molecule has 0 aromatic carbocycles. The fraction of sp³-hybridized carbons (Fsp3) is 0.514. The number of rotatable bonds is 10. The molecule has 0 aliphatic carbocycles. The van der Waals surface area contributed by atoms with Gasteiger partial charge in [0, 0.05) is 66.8 Å². The van der Waals surface area contributed by atoms with Crippen LogP contribution in [-0.2, 0) is 44.3 Å². The molecule has 1 N–H and O–H groups in total. The first-order chi connectivity index (χ1) is 26.3. The molecule has 4 rings (SSSR count). The second-order valence-electron chi connectivity index (χ2n) is 13.5. The lowest BCUT2D eigenvalue weighted by molar-refractivity contribution is -0.155. The van der Waals surface area contributed by atoms with Gasteiger partial charge in [0.2, 0.25) is 16.9 Å². The molecule has 320 valence electrons. The average molecular weight is 849 g/mol. The van der Waals surface area contributed by atoms with Crippen molar-refractivity contribution in [1.29, 1.82) is 0 Å². The van der Waals surface area contributed by atoms with Gasteiger partial charge in [-0.25, -0.2) is 34.9 Å². The number of alkyl halides is 6. The summed E-state index contributed by atoms with van der Waals surface area (Å²) in [4.78, 5) is 53.3. The number of aliphatic hydroxyl groups is 1. The van der Waals surface area contributed by atoms with Crippen LogP contribution in [0.2, 0.25) is 5.28 Å². The van der Waals surface area contributed by atoms with Gasteiger partial charge in [-0.05, 0) is 79.1 Å². The average Bonchev–Trinajstić information content (AvgIpc) is 3.08. The van der Waals surface area contributed by atoms with Gasteiger partial charge in [0.25, 0.3) is 0 Å². The Balaban J connectivity index is 0.000000536. The number of carbonyl (C=O) groups excluding carboxylic acids is 2. The monoisotopic (exact) mass is 848 g/mol. The molecule has 58 heavy (non-hydrogen) atoms. The van der Waals surface area contributed by atoms with Crippen LogP contribution in [0.15, 0.2) is 36.9 Å².